The number of rotatable bonds is 3. The molecule has 1 aliphatic rings. The molecule has 22 heavy (non-hydrogen) atoms. The van der Waals surface area contributed by atoms with Crippen molar-refractivity contribution in [2.24, 2.45) is 5.14 Å². The number of carbonyl (C=O) groups excluding carboxylic acids is 1. The second kappa shape index (κ2) is 5.83. The Hall–Kier alpha value is -1.70. The van der Waals surface area contributed by atoms with Crippen molar-refractivity contribution in [3.05, 3.63) is 52.4 Å². The van der Waals surface area contributed by atoms with Crippen LogP contribution < -0.4 is 10.5 Å². The quantitative estimate of drug-likeness (QED) is 0.900. The minimum atomic E-state index is -3.76. The van der Waals surface area contributed by atoms with Crippen LogP contribution >= 0.6 is 11.3 Å². The maximum absolute atomic E-state index is 12.3. The fourth-order valence-electron chi connectivity index (χ4n) is 2.73. The van der Waals surface area contributed by atoms with Crippen LogP contribution in [-0.2, 0) is 16.4 Å². The van der Waals surface area contributed by atoms with E-state index < -0.39 is 10.0 Å². The van der Waals surface area contributed by atoms with Crippen molar-refractivity contribution in [3.63, 3.8) is 0 Å². The Labute approximate surface area is 133 Å². The van der Waals surface area contributed by atoms with Crippen LogP contribution in [0.2, 0.25) is 0 Å². The predicted molar refractivity (Wildman–Crippen MR) is 85.3 cm³/mol. The molecule has 1 amide bonds. The second-order valence-corrected chi connectivity index (χ2v) is 8.02. The Balaban J connectivity index is 1.80. The van der Waals surface area contributed by atoms with Crippen LogP contribution in [0.25, 0.3) is 0 Å². The van der Waals surface area contributed by atoms with Crippen LogP contribution in [-0.4, -0.2) is 14.3 Å². The van der Waals surface area contributed by atoms with Gasteiger partial charge in [-0.05, 0) is 36.5 Å². The van der Waals surface area contributed by atoms with E-state index in [9.17, 15) is 13.2 Å². The molecular weight excluding hydrogens is 320 g/mol. The predicted octanol–water partition coefficient (Wildman–Crippen LogP) is 2.20. The molecule has 7 heteroatoms. The number of carbonyl (C=O) groups is 1. The fraction of sp³-hybridized carbons (Fsp3) is 0.267. The Morgan fingerprint density at radius 3 is 2.82 bits per heavy atom. The Kier molecular flexibility index (Phi) is 4.03. The van der Waals surface area contributed by atoms with E-state index in [0.717, 1.165) is 36.2 Å². The third-order valence-corrected chi connectivity index (χ3v) is 6.18. The molecule has 5 nitrogen and oxygen atoms in total. The van der Waals surface area contributed by atoms with E-state index in [1.807, 2.05) is 18.2 Å². The van der Waals surface area contributed by atoms with Crippen molar-refractivity contribution in [2.45, 2.75) is 29.5 Å². The van der Waals surface area contributed by atoms with Crippen molar-refractivity contribution >= 4 is 27.3 Å². The largest absolute Gasteiger partial charge is 0.345 e. The van der Waals surface area contributed by atoms with Crippen molar-refractivity contribution in [3.8, 4) is 0 Å². The van der Waals surface area contributed by atoms with Crippen molar-refractivity contribution in [1.82, 2.24) is 5.32 Å². The zero-order chi connectivity index (χ0) is 15.7. The zero-order valence-electron chi connectivity index (χ0n) is 11.8. The SMILES string of the molecule is NS(=O)(=O)c1cc(C(=O)NC2CCCc3ccccc32)cs1. The molecule has 0 aliphatic heterocycles. The molecule has 1 aromatic heterocycles. The Morgan fingerprint density at radius 1 is 1.32 bits per heavy atom. The van der Waals surface area contributed by atoms with Gasteiger partial charge in [-0.25, -0.2) is 13.6 Å². The number of benzene rings is 1. The van der Waals surface area contributed by atoms with E-state index >= 15 is 0 Å². The first-order chi connectivity index (χ1) is 10.4. The average Bonchev–Trinajstić information content (AvgIpc) is 2.98. The third-order valence-electron chi connectivity index (χ3n) is 3.79. The number of nitrogens with one attached hydrogen (secondary N) is 1. The first-order valence-electron chi connectivity index (χ1n) is 6.95. The number of nitrogens with two attached hydrogens (primary N) is 1. The molecule has 1 unspecified atom stereocenters. The molecule has 0 saturated carbocycles. The summed E-state index contributed by atoms with van der Waals surface area (Å²) < 4.78 is 22.6. The van der Waals surface area contributed by atoms with Crippen LogP contribution in [0.15, 0.2) is 39.9 Å². The molecule has 3 N–H and O–H groups in total. The standard InChI is InChI=1S/C15H16N2O3S2/c16-22(19,20)14-8-11(9-21-14)15(18)17-13-7-3-5-10-4-1-2-6-12(10)13/h1-2,4,6,8-9,13H,3,5,7H2,(H,17,18)(H2,16,19,20). The number of hydrogen-bond donors (Lipinski definition) is 2. The normalized spacial score (nSPS) is 17.8. The summed E-state index contributed by atoms with van der Waals surface area (Å²) in [4.78, 5) is 12.3. The second-order valence-electron chi connectivity index (χ2n) is 5.32. The maximum Gasteiger partial charge on any atom is 0.252 e. The van der Waals surface area contributed by atoms with Gasteiger partial charge in [0.1, 0.15) is 4.21 Å². The third kappa shape index (κ3) is 3.06. The molecule has 2 aromatic rings. The van der Waals surface area contributed by atoms with E-state index in [2.05, 4.69) is 11.4 Å². The minimum Gasteiger partial charge on any atom is -0.345 e. The first kappa shape index (κ1) is 15.2. The number of thiophene rings is 1. The summed E-state index contributed by atoms with van der Waals surface area (Å²) in [5, 5.41) is 9.57. The van der Waals surface area contributed by atoms with Gasteiger partial charge in [-0.2, -0.15) is 0 Å². The van der Waals surface area contributed by atoms with Crippen LogP contribution in [0.3, 0.4) is 0 Å². The highest BCUT2D eigenvalue weighted by Gasteiger charge is 2.23. The topological polar surface area (TPSA) is 89.3 Å². The molecule has 1 aliphatic carbocycles. The average molecular weight is 336 g/mol. The summed E-state index contributed by atoms with van der Waals surface area (Å²) in [6.45, 7) is 0. The van der Waals surface area contributed by atoms with E-state index in [1.165, 1.54) is 17.0 Å². The number of aryl methyl sites for hydroxylation is 1. The fourth-order valence-corrected chi connectivity index (χ4v) is 4.32. The zero-order valence-corrected chi connectivity index (χ0v) is 13.4. The van der Waals surface area contributed by atoms with Gasteiger partial charge >= 0.3 is 0 Å². The smallest absolute Gasteiger partial charge is 0.252 e. The maximum atomic E-state index is 12.3. The summed E-state index contributed by atoms with van der Waals surface area (Å²) in [5.41, 5.74) is 2.73. The van der Waals surface area contributed by atoms with Gasteiger partial charge < -0.3 is 5.32 Å². The summed E-state index contributed by atoms with van der Waals surface area (Å²) in [6.07, 6.45) is 2.93. The van der Waals surface area contributed by atoms with Crippen LogP contribution in [0.4, 0.5) is 0 Å². The highest BCUT2D eigenvalue weighted by molar-refractivity contribution is 7.91. The Morgan fingerprint density at radius 2 is 2.09 bits per heavy atom. The molecule has 1 atom stereocenters. The van der Waals surface area contributed by atoms with Gasteiger partial charge in [-0.1, -0.05) is 24.3 Å². The van der Waals surface area contributed by atoms with Gasteiger partial charge in [-0.15, -0.1) is 11.3 Å². The van der Waals surface area contributed by atoms with Crippen LogP contribution in [0.1, 0.15) is 40.4 Å². The number of sulfonamides is 1. The highest BCUT2D eigenvalue weighted by Crippen LogP contribution is 2.30. The van der Waals surface area contributed by atoms with Crippen LogP contribution in [0.5, 0.6) is 0 Å². The summed E-state index contributed by atoms with van der Waals surface area (Å²) in [6, 6.07) is 9.37. The van der Waals surface area contributed by atoms with Gasteiger partial charge in [-0.3, -0.25) is 4.79 Å². The summed E-state index contributed by atoms with van der Waals surface area (Å²) in [5.74, 6) is -0.271. The van der Waals surface area contributed by atoms with Gasteiger partial charge in [0.15, 0.2) is 0 Å². The van der Waals surface area contributed by atoms with Gasteiger partial charge in [0, 0.05) is 5.38 Å². The van der Waals surface area contributed by atoms with E-state index in [1.54, 1.807) is 0 Å². The van der Waals surface area contributed by atoms with Crippen molar-refractivity contribution in [2.75, 3.05) is 0 Å². The number of fused-ring (bicyclic) bond motifs is 1. The molecule has 0 spiro atoms. The van der Waals surface area contributed by atoms with Gasteiger partial charge in [0.05, 0.1) is 11.6 Å². The lowest BCUT2D eigenvalue weighted by molar-refractivity contribution is 0.0933. The molecule has 1 aromatic carbocycles. The molecule has 0 radical (unpaired) electrons. The number of primary sulfonamides is 1. The minimum absolute atomic E-state index is 0.00157. The summed E-state index contributed by atoms with van der Waals surface area (Å²) >= 11 is 0.959. The Bertz CT molecular complexity index is 812. The molecular formula is C15H16N2O3S2. The molecule has 0 bridgehead atoms. The van der Waals surface area contributed by atoms with Gasteiger partial charge in [0.2, 0.25) is 10.0 Å². The van der Waals surface area contributed by atoms with Gasteiger partial charge in [0.25, 0.3) is 5.91 Å². The monoisotopic (exact) mass is 336 g/mol. The molecule has 1 heterocycles. The lowest BCUT2D eigenvalue weighted by atomic mass is 9.87. The molecule has 0 fully saturated rings. The van der Waals surface area contributed by atoms with E-state index in [4.69, 9.17) is 5.14 Å². The molecule has 0 saturated heterocycles. The van der Waals surface area contributed by atoms with Crippen molar-refractivity contribution < 1.29 is 13.2 Å². The first-order valence-corrected chi connectivity index (χ1v) is 9.38. The van der Waals surface area contributed by atoms with E-state index in [-0.39, 0.29) is 16.2 Å². The van der Waals surface area contributed by atoms with E-state index in [0.29, 0.717) is 5.56 Å². The van der Waals surface area contributed by atoms with Crippen LogP contribution in [0, 0.1) is 0 Å². The molecule has 3 rings (SSSR count). The number of hydrogen-bond acceptors (Lipinski definition) is 4. The lowest BCUT2D eigenvalue weighted by Gasteiger charge is -2.26. The lowest BCUT2D eigenvalue weighted by Crippen LogP contribution is -2.30. The number of amides is 1. The molecule has 116 valence electrons. The van der Waals surface area contributed by atoms with Crippen molar-refractivity contribution in [1.29, 1.82) is 0 Å². The highest BCUT2D eigenvalue weighted by atomic mass is 32.2. The summed E-state index contributed by atoms with van der Waals surface area (Å²) in [7, 11) is -3.76.